The Balaban J connectivity index is 1.78. The number of nitrogens with zero attached hydrogens (tertiary/aromatic N) is 3. The van der Waals surface area contributed by atoms with Gasteiger partial charge in [-0.3, -0.25) is 9.36 Å². The first kappa shape index (κ1) is 19.0. The highest BCUT2D eigenvalue weighted by Gasteiger charge is 2.22. The zero-order valence-electron chi connectivity index (χ0n) is 15.4. The Morgan fingerprint density at radius 3 is 2.75 bits per heavy atom. The van der Waals surface area contributed by atoms with Gasteiger partial charge in [0.1, 0.15) is 0 Å². The van der Waals surface area contributed by atoms with Gasteiger partial charge in [0.15, 0.2) is 5.16 Å². The molecule has 142 valence electrons. The van der Waals surface area contributed by atoms with Crippen LogP contribution in [0.5, 0.6) is 0 Å². The predicted molar refractivity (Wildman–Crippen MR) is 114 cm³/mol. The van der Waals surface area contributed by atoms with Gasteiger partial charge in [-0.1, -0.05) is 60.8 Å². The average Bonchev–Trinajstić information content (AvgIpc) is 2.73. The van der Waals surface area contributed by atoms with Crippen molar-refractivity contribution in [1.82, 2.24) is 9.55 Å². The number of nitriles is 1. The molecule has 1 aliphatic carbocycles. The molecule has 0 atom stereocenters. The first-order valence-corrected chi connectivity index (χ1v) is 10.9. The predicted octanol–water partition coefficient (Wildman–Crippen LogP) is 5.72. The molecule has 1 aromatic heterocycles. The average molecular weight is 410 g/mol. The van der Waals surface area contributed by atoms with Crippen LogP contribution in [0.4, 0.5) is 0 Å². The molecule has 0 saturated heterocycles. The standard InChI is InChI=1S/C22H20ClN3OS/c23-17-10-11-19-20(12-17)25-22(26(21(19)27)18-8-2-1-3-9-18)28-14-16-7-5-4-6-15(16)13-24/h4-7,10-12,18H,1-3,8-9,14H2. The van der Waals surface area contributed by atoms with Crippen molar-refractivity contribution in [3.63, 3.8) is 0 Å². The third kappa shape index (κ3) is 3.80. The lowest BCUT2D eigenvalue weighted by atomic mass is 9.95. The van der Waals surface area contributed by atoms with E-state index >= 15 is 0 Å². The van der Waals surface area contributed by atoms with Crippen LogP contribution in [0.3, 0.4) is 0 Å². The van der Waals surface area contributed by atoms with Crippen molar-refractivity contribution in [2.45, 2.75) is 49.1 Å². The minimum Gasteiger partial charge on any atom is -0.284 e. The highest BCUT2D eigenvalue weighted by molar-refractivity contribution is 7.98. The van der Waals surface area contributed by atoms with Gasteiger partial charge in [-0.25, -0.2) is 4.98 Å². The quantitative estimate of drug-likeness (QED) is 0.408. The molecular weight excluding hydrogens is 390 g/mol. The highest BCUT2D eigenvalue weighted by Crippen LogP contribution is 2.32. The summed E-state index contributed by atoms with van der Waals surface area (Å²) in [6.07, 6.45) is 5.50. The zero-order chi connectivity index (χ0) is 19.5. The summed E-state index contributed by atoms with van der Waals surface area (Å²) in [5.74, 6) is 0.592. The van der Waals surface area contributed by atoms with E-state index in [0.717, 1.165) is 31.2 Å². The van der Waals surface area contributed by atoms with E-state index in [9.17, 15) is 10.1 Å². The molecule has 0 amide bonds. The van der Waals surface area contributed by atoms with Gasteiger partial charge in [-0.15, -0.1) is 0 Å². The molecule has 4 nitrogen and oxygen atoms in total. The molecule has 2 aromatic carbocycles. The van der Waals surface area contributed by atoms with Crippen molar-refractivity contribution in [3.05, 3.63) is 69.0 Å². The summed E-state index contributed by atoms with van der Waals surface area (Å²) in [5, 5.41) is 11.2. The van der Waals surface area contributed by atoms with Gasteiger partial charge in [0.25, 0.3) is 5.56 Å². The Labute approximate surface area is 173 Å². The summed E-state index contributed by atoms with van der Waals surface area (Å²) >= 11 is 7.65. The van der Waals surface area contributed by atoms with Crippen LogP contribution in [0.15, 0.2) is 52.4 Å². The van der Waals surface area contributed by atoms with E-state index in [2.05, 4.69) is 6.07 Å². The normalized spacial score (nSPS) is 14.9. The molecule has 0 N–H and O–H groups in total. The molecule has 28 heavy (non-hydrogen) atoms. The van der Waals surface area contributed by atoms with E-state index in [-0.39, 0.29) is 11.6 Å². The maximum Gasteiger partial charge on any atom is 0.262 e. The van der Waals surface area contributed by atoms with Crippen LogP contribution in [0.2, 0.25) is 5.02 Å². The van der Waals surface area contributed by atoms with Crippen LogP contribution in [0.1, 0.15) is 49.3 Å². The van der Waals surface area contributed by atoms with Crippen LogP contribution in [-0.2, 0) is 5.75 Å². The third-order valence-electron chi connectivity index (χ3n) is 5.27. The van der Waals surface area contributed by atoms with Crippen LogP contribution in [0, 0.1) is 11.3 Å². The number of aromatic nitrogens is 2. The van der Waals surface area contributed by atoms with Gasteiger partial charge in [0.05, 0.1) is 22.5 Å². The summed E-state index contributed by atoms with van der Waals surface area (Å²) < 4.78 is 1.88. The molecule has 0 bridgehead atoms. The molecule has 1 heterocycles. The second-order valence-corrected chi connectivity index (χ2v) is 8.46. The van der Waals surface area contributed by atoms with Crippen molar-refractivity contribution >= 4 is 34.3 Å². The maximum atomic E-state index is 13.3. The summed E-state index contributed by atoms with van der Waals surface area (Å²) in [6.45, 7) is 0. The lowest BCUT2D eigenvalue weighted by Crippen LogP contribution is -2.29. The molecule has 0 spiro atoms. The molecule has 4 rings (SSSR count). The van der Waals surface area contributed by atoms with E-state index in [1.54, 1.807) is 18.2 Å². The number of thioether (sulfide) groups is 1. The van der Waals surface area contributed by atoms with E-state index in [1.807, 2.05) is 28.8 Å². The molecule has 0 aliphatic heterocycles. The first-order chi connectivity index (χ1) is 13.7. The number of hydrogen-bond donors (Lipinski definition) is 0. The largest absolute Gasteiger partial charge is 0.284 e. The van der Waals surface area contributed by atoms with Gasteiger partial charge in [-0.2, -0.15) is 5.26 Å². The third-order valence-corrected chi connectivity index (χ3v) is 6.50. The van der Waals surface area contributed by atoms with Crippen molar-refractivity contribution in [2.24, 2.45) is 0 Å². The SMILES string of the molecule is N#Cc1ccccc1CSc1nc2cc(Cl)ccc2c(=O)n1C1CCCCC1. The second kappa shape index (κ2) is 8.38. The Hall–Kier alpha value is -2.29. The molecular formula is C22H20ClN3OS. The van der Waals surface area contributed by atoms with E-state index < -0.39 is 0 Å². The zero-order valence-corrected chi connectivity index (χ0v) is 17.0. The van der Waals surface area contributed by atoms with E-state index in [4.69, 9.17) is 16.6 Å². The topological polar surface area (TPSA) is 58.7 Å². The Morgan fingerprint density at radius 2 is 1.96 bits per heavy atom. The molecule has 0 radical (unpaired) electrons. The summed E-state index contributed by atoms with van der Waals surface area (Å²) in [6, 6.07) is 15.2. The fourth-order valence-corrected chi connectivity index (χ4v) is 5.05. The van der Waals surface area contributed by atoms with Crippen molar-refractivity contribution in [3.8, 4) is 6.07 Å². The molecule has 1 fully saturated rings. The van der Waals surface area contributed by atoms with Crippen LogP contribution >= 0.6 is 23.4 Å². The number of halogens is 1. The number of fused-ring (bicyclic) bond motifs is 1. The number of benzene rings is 2. The smallest absolute Gasteiger partial charge is 0.262 e. The Kier molecular flexibility index (Phi) is 5.70. The molecule has 6 heteroatoms. The van der Waals surface area contributed by atoms with Crippen LogP contribution in [0.25, 0.3) is 10.9 Å². The number of rotatable bonds is 4. The van der Waals surface area contributed by atoms with Crippen LogP contribution < -0.4 is 5.56 Å². The van der Waals surface area contributed by atoms with E-state index in [0.29, 0.717) is 32.4 Å². The molecule has 1 aliphatic rings. The lowest BCUT2D eigenvalue weighted by molar-refractivity contribution is 0.326. The second-order valence-electron chi connectivity index (χ2n) is 7.08. The summed E-state index contributed by atoms with van der Waals surface area (Å²) in [5.41, 5.74) is 2.24. The highest BCUT2D eigenvalue weighted by atomic mass is 35.5. The van der Waals surface area contributed by atoms with E-state index in [1.165, 1.54) is 18.2 Å². The Bertz CT molecular complexity index is 1110. The van der Waals surface area contributed by atoms with Crippen LogP contribution in [-0.4, -0.2) is 9.55 Å². The van der Waals surface area contributed by atoms with Gasteiger partial charge < -0.3 is 0 Å². The van der Waals surface area contributed by atoms with Gasteiger partial charge in [-0.05, 0) is 42.7 Å². The minimum atomic E-state index is 0.00429. The molecule has 3 aromatic rings. The van der Waals surface area contributed by atoms with Crippen molar-refractivity contribution < 1.29 is 0 Å². The fraction of sp³-hybridized carbons (Fsp3) is 0.318. The minimum absolute atomic E-state index is 0.00429. The van der Waals surface area contributed by atoms with Gasteiger partial charge >= 0.3 is 0 Å². The monoisotopic (exact) mass is 409 g/mol. The van der Waals surface area contributed by atoms with Gasteiger partial charge in [0.2, 0.25) is 0 Å². The Morgan fingerprint density at radius 1 is 1.18 bits per heavy atom. The van der Waals surface area contributed by atoms with Gasteiger partial charge in [0, 0.05) is 16.8 Å². The number of hydrogen-bond acceptors (Lipinski definition) is 4. The van der Waals surface area contributed by atoms with Crippen molar-refractivity contribution in [2.75, 3.05) is 0 Å². The maximum absolute atomic E-state index is 13.3. The molecule has 1 saturated carbocycles. The first-order valence-electron chi connectivity index (χ1n) is 9.50. The lowest BCUT2D eigenvalue weighted by Gasteiger charge is -2.26. The van der Waals surface area contributed by atoms with Crippen molar-refractivity contribution in [1.29, 1.82) is 5.26 Å². The fourth-order valence-electron chi connectivity index (χ4n) is 3.81. The summed E-state index contributed by atoms with van der Waals surface area (Å²) in [4.78, 5) is 18.1. The molecule has 0 unspecified atom stereocenters. The summed E-state index contributed by atoms with van der Waals surface area (Å²) in [7, 11) is 0.